The Morgan fingerprint density at radius 3 is 2.71 bits per heavy atom. The summed E-state index contributed by atoms with van der Waals surface area (Å²) in [7, 11) is 0. The first-order valence-corrected chi connectivity index (χ1v) is 5.14. The molecule has 0 unspecified atom stereocenters. The SMILES string of the molecule is CCc1ccc(I)c(C(=O)O)c1C#N. The molecule has 1 aromatic carbocycles. The molecule has 0 saturated heterocycles. The minimum Gasteiger partial charge on any atom is -0.478 e. The lowest BCUT2D eigenvalue weighted by Gasteiger charge is -2.06. The van der Waals surface area contributed by atoms with Crippen molar-refractivity contribution >= 4 is 28.6 Å². The Balaban J connectivity index is 3.53. The molecule has 0 aromatic heterocycles. The van der Waals surface area contributed by atoms with Gasteiger partial charge < -0.3 is 5.11 Å². The van der Waals surface area contributed by atoms with Crippen LogP contribution in [-0.4, -0.2) is 11.1 Å². The van der Waals surface area contributed by atoms with E-state index in [9.17, 15) is 4.79 Å². The Kier molecular flexibility index (Phi) is 3.47. The molecule has 0 radical (unpaired) electrons. The highest BCUT2D eigenvalue weighted by molar-refractivity contribution is 14.1. The van der Waals surface area contributed by atoms with Gasteiger partial charge in [0.1, 0.15) is 6.07 Å². The zero-order valence-electron chi connectivity index (χ0n) is 7.54. The third-order valence-electron chi connectivity index (χ3n) is 1.95. The molecule has 0 fully saturated rings. The normalized spacial score (nSPS) is 9.50. The number of nitrogens with zero attached hydrogens (tertiary/aromatic N) is 1. The van der Waals surface area contributed by atoms with Gasteiger partial charge in [0.15, 0.2) is 0 Å². The molecule has 72 valence electrons. The predicted molar refractivity (Wildman–Crippen MR) is 60.2 cm³/mol. The highest BCUT2D eigenvalue weighted by Gasteiger charge is 2.16. The van der Waals surface area contributed by atoms with E-state index in [1.54, 1.807) is 12.1 Å². The molecule has 0 amide bonds. The maximum Gasteiger partial charge on any atom is 0.338 e. The number of hydrogen-bond donors (Lipinski definition) is 1. The van der Waals surface area contributed by atoms with Crippen LogP contribution in [0.15, 0.2) is 12.1 Å². The van der Waals surface area contributed by atoms with E-state index in [4.69, 9.17) is 10.4 Å². The molecule has 1 aromatic rings. The van der Waals surface area contributed by atoms with Crippen molar-refractivity contribution in [2.45, 2.75) is 13.3 Å². The number of rotatable bonds is 2. The summed E-state index contributed by atoms with van der Waals surface area (Å²) in [6.45, 7) is 1.90. The van der Waals surface area contributed by atoms with Gasteiger partial charge in [-0.1, -0.05) is 13.0 Å². The summed E-state index contributed by atoms with van der Waals surface area (Å²) < 4.78 is 0.601. The number of carbonyl (C=O) groups is 1. The van der Waals surface area contributed by atoms with E-state index >= 15 is 0 Å². The Labute approximate surface area is 95.5 Å². The fraction of sp³-hybridized carbons (Fsp3) is 0.200. The van der Waals surface area contributed by atoms with Gasteiger partial charge >= 0.3 is 5.97 Å². The van der Waals surface area contributed by atoms with E-state index in [1.807, 2.05) is 35.6 Å². The van der Waals surface area contributed by atoms with E-state index < -0.39 is 5.97 Å². The molecule has 0 bridgehead atoms. The lowest BCUT2D eigenvalue weighted by atomic mass is 10.0. The molecule has 0 atom stereocenters. The van der Waals surface area contributed by atoms with Gasteiger partial charge in [-0.2, -0.15) is 5.26 Å². The highest BCUT2D eigenvalue weighted by atomic mass is 127. The number of carboxylic acids is 1. The molecule has 3 nitrogen and oxygen atoms in total. The Bertz CT molecular complexity index is 421. The molecule has 0 saturated carbocycles. The van der Waals surface area contributed by atoms with Crippen molar-refractivity contribution < 1.29 is 9.90 Å². The summed E-state index contributed by atoms with van der Waals surface area (Å²) in [4.78, 5) is 10.9. The van der Waals surface area contributed by atoms with Crippen molar-refractivity contribution in [3.63, 3.8) is 0 Å². The van der Waals surface area contributed by atoms with Crippen molar-refractivity contribution in [3.8, 4) is 6.07 Å². The molecule has 0 aliphatic rings. The molecule has 4 heteroatoms. The highest BCUT2D eigenvalue weighted by Crippen LogP contribution is 2.20. The number of nitriles is 1. The Hall–Kier alpha value is -1.09. The van der Waals surface area contributed by atoms with Crippen LogP contribution in [0.4, 0.5) is 0 Å². The first-order chi connectivity index (χ1) is 6.61. The second-order valence-electron chi connectivity index (χ2n) is 2.73. The quantitative estimate of drug-likeness (QED) is 0.853. The van der Waals surface area contributed by atoms with Crippen molar-refractivity contribution in [1.29, 1.82) is 5.26 Å². The van der Waals surface area contributed by atoms with Crippen LogP contribution in [-0.2, 0) is 6.42 Å². The second-order valence-corrected chi connectivity index (χ2v) is 3.89. The maximum atomic E-state index is 10.9. The van der Waals surface area contributed by atoms with Gasteiger partial charge in [0.05, 0.1) is 11.1 Å². The van der Waals surface area contributed by atoms with Crippen LogP contribution in [0, 0.1) is 14.9 Å². The predicted octanol–water partition coefficient (Wildman–Crippen LogP) is 2.42. The molecule has 0 aliphatic carbocycles. The molecule has 0 aliphatic heterocycles. The standard InChI is InChI=1S/C10H8INO2/c1-2-6-3-4-8(11)9(10(13)14)7(6)5-12/h3-4H,2H2,1H3,(H,13,14). The summed E-state index contributed by atoms with van der Waals surface area (Å²) in [5.74, 6) is -1.04. The maximum absolute atomic E-state index is 10.9. The van der Waals surface area contributed by atoms with Gasteiger partial charge in [0.25, 0.3) is 0 Å². The molecular weight excluding hydrogens is 293 g/mol. The van der Waals surface area contributed by atoms with Gasteiger partial charge in [-0.3, -0.25) is 0 Å². The van der Waals surface area contributed by atoms with Gasteiger partial charge in [-0.05, 0) is 40.6 Å². The van der Waals surface area contributed by atoms with Gasteiger partial charge in [-0.25, -0.2) is 4.79 Å². The van der Waals surface area contributed by atoms with Crippen molar-refractivity contribution in [3.05, 3.63) is 32.4 Å². The number of aryl methyl sites for hydroxylation is 1. The first kappa shape index (κ1) is 11.0. The fourth-order valence-corrected chi connectivity index (χ4v) is 1.93. The topological polar surface area (TPSA) is 61.1 Å². The van der Waals surface area contributed by atoms with Gasteiger partial charge in [0.2, 0.25) is 0 Å². The summed E-state index contributed by atoms with van der Waals surface area (Å²) >= 11 is 1.93. The van der Waals surface area contributed by atoms with E-state index in [-0.39, 0.29) is 11.1 Å². The summed E-state index contributed by atoms with van der Waals surface area (Å²) in [6.07, 6.45) is 0.667. The molecule has 1 rings (SSSR count). The third kappa shape index (κ3) is 1.87. The smallest absolute Gasteiger partial charge is 0.338 e. The first-order valence-electron chi connectivity index (χ1n) is 4.06. The van der Waals surface area contributed by atoms with Gasteiger partial charge in [-0.15, -0.1) is 0 Å². The average molecular weight is 301 g/mol. The molecule has 0 spiro atoms. The lowest BCUT2D eigenvalue weighted by molar-refractivity contribution is 0.0695. The van der Waals surface area contributed by atoms with Crippen LogP contribution < -0.4 is 0 Å². The Morgan fingerprint density at radius 2 is 2.29 bits per heavy atom. The zero-order valence-corrected chi connectivity index (χ0v) is 9.70. The second kappa shape index (κ2) is 4.42. The molecule has 1 N–H and O–H groups in total. The minimum absolute atomic E-state index is 0.118. The monoisotopic (exact) mass is 301 g/mol. The van der Waals surface area contributed by atoms with E-state index in [1.165, 1.54) is 0 Å². The van der Waals surface area contributed by atoms with Crippen LogP contribution in [0.3, 0.4) is 0 Å². The number of halogens is 1. The van der Waals surface area contributed by atoms with Crippen LogP contribution in [0.25, 0.3) is 0 Å². The third-order valence-corrected chi connectivity index (χ3v) is 2.85. The number of benzene rings is 1. The van der Waals surface area contributed by atoms with Crippen molar-refractivity contribution in [2.24, 2.45) is 0 Å². The summed E-state index contributed by atoms with van der Waals surface area (Å²) in [6, 6.07) is 5.48. The summed E-state index contributed by atoms with van der Waals surface area (Å²) in [5, 5.41) is 17.8. The lowest BCUT2D eigenvalue weighted by Crippen LogP contribution is -2.06. The van der Waals surface area contributed by atoms with E-state index in [0.717, 1.165) is 5.56 Å². The molecule has 14 heavy (non-hydrogen) atoms. The Morgan fingerprint density at radius 1 is 1.64 bits per heavy atom. The zero-order chi connectivity index (χ0) is 10.7. The summed E-state index contributed by atoms with van der Waals surface area (Å²) in [5.41, 5.74) is 1.18. The largest absolute Gasteiger partial charge is 0.478 e. The van der Waals surface area contributed by atoms with Crippen LogP contribution in [0.5, 0.6) is 0 Å². The molecular formula is C10H8INO2. The number of carboxylic acid groups (broad SMARTS) is 1. The minimum atomic E-state index is -1.04. The van der Waals surface area contributed by atoms with E-state index in [2.05, 4.69) is 0 Å². The fourth-order valence-electron chi connectivity index (χ4n) is 1.25. The van der Waals surface area contributed by atoms with Crippen LogP contribution >= 0.6 is 22.6 Å². The van der Waals surface area contributed by atoms with Crippen LogP contribution in [0.1, 0.15) is 28.4 Å². The van der Waals surface area contributed by atoms with Gasteiger partial charge in [0, 0.05) is 3.57 Å². The number of hydrogen-bond acceptors (Lipinski definition) is 2. The van der Waals surface area contributed by atoms with Crippen molar-refractivity contribution in [2.75, 3.05) is 0 Å². The van der Waals surface area contributed by atoms with Crippen molar-refractivity contribution in [1.82, 2.24) is 0 Å². The molecule has 0 heterocycles. The van der Waals surface area contributed by atoms with E-state index in [0.29, 0.717) is 9.99 Å². The van der Waals surface area contributed by atoms with Crippen LogP contribution in [0.2, 0.25) is 0 Å². The number of aromatic carboxylic acids is 1. The average Bonchev–Trinajstić information content (AvgIpc) is 2.16.